The van der Waals surface area contributed by atoms with E-state index in [1.807, 2.05) is 0 Å². The van der Waals surface area contributed by atoms with E-state index in [0.29, 0.717) is 12.8 Å². The maximum Gasteiger partial charge on any atom is 0.115 e. The van der Waals surface area contributed by atoms with Gasteiger partial charge in [-0.1, -0.05) is 0 Å². The van der Waals surface area contributed by atoms with Crippen molar-refractivity contribution in [3.8, 4) is 0 Å². The molecule has 3 nitrogen and oxygen atoms in total. The molecule has 3 N–H and O–H groups in total. The number of aliphatic hydroxyl groups is 2. The second-order valence-electron chi connectivity index (χ2n) is 2.47. The van der Waals surface area contributed by atoms with Crippen molar-refractivity contribution >= 4 is 0 Å². The SMILES string of the molecule is CC1(O)CCC(O)N1. The molecule has 3 heteroatoms. The van der Waals surface area contributed by atoms with E-state index < -0.39 is 12.0 Å². The fourth-order valence-electron chi connectivity index (χ4n) is 0.921. The van der Waals surface area contributed by atoms with Crippen molar-refractivity contribution in [2.24, 2.45) is 0 Å². The second kappa shape index (κ2) is 1.69. The summed E-state index contributed by atoms with van der Waals surface area (Å²) in [6.45, 7) is 1.66. The predicted octanol–water partition coefficient (Wildman–Crippen LogP) is -0.603. The van der Waals surface area contributed by atoms with Crippen LogP contribution in [0.25, 0.3) is 0 Å². The Kier molecular flexibility index (Phi) is 1.27. The maximum atomic E-state index is 9.09. The molecular weight excluding hydrogens is 106 g/mol. The highest BCUT2D eigenvalue weighted by Crippen LogP contribution is 2.17. The van der Waals surface area contributed by atoms with Gasteiger partial charge in [-0.05, 0) is 19.8 Å². The van der Waals surface area contributed by atoms with Crippen LogP contribution in [0, 0.1) is 0 Å². The third kappa shape index (κ3) is 1.18. The smallest absolute Gasteiger partial charge is 0.115 e. The Balaban J connectivity index is 2.44. The molecule has 8 heavy (non-hydrogen) atoms. The summed E-state index contributed by atoms with van der Waals surface area (Å²) in [5, 5.41) is 20.5. The van der Waals surface area contributed by atoms with Crippen molar-refractivity contribution in [3.63, 3.8) is 0 Å². The molecule has 1 aliphatic heterocycles. The standard InChI is InChI=1S/C5H11NO2/c1-5(8)3-2-4(7)6-5/h4,6-8H,2-3H2,1H3. The number of nitrogens with one attached hydrogen (secondary N) is 1. The van der Waals surface area contributed by atoms with Gasteiger partial charge in [0, 0.05) is 0 Å². The van der Waals surface area contributed by atoms with E-state index in [2.05, 4.69) is 5.32 Å². The molecule has 1 heterocycles. The van der Waals surface area contributed by atoms with E-state index >= 15 is 0 Å². The van der Waals surface area contributed by atoms with Crippen molar-refractivity contribution in [2.75, 3.05) is 0 Å². The molecule has 0 aromatic rings. The first kappa shape index (κ1) is 6.01. The summed E-state index contributed by atoms with van der Waals surface area (Å²) in [5.74, 6) is 0. The summed E-state index contributed by atoms with van der Waals surface area (Å²) in [5.41, 5.74) is -0.834. The van der Waals surface area contributed by atoms with Crippen LogP contribution in [0.1, 0.15) is 19.8 Å². The van der Waals surface area contributed by atoms with Gasteiger partial charge in [-0.15, -0.1) is 0 Å². The molecule has 1 rings (SSSR count). The van der Waals surface area contributed by atoms with Crippen LogP contribution in [0.4, 0.5) is 0 Å². The molecule has 1 saturated heterocycles. The number of hydrogen-bond acceptors (Lipinski definition) is 3. The summed E-state index contributed by atoms with van der Waals surface area (Å²) in [6, 6.07) is 0. The van der Waals surface area contributed by atoms with Gasteiger partial charge in [0.2, 0.25) is 0 Å². The largest absolute Gasteiger partial charge is 0.379 e. The molecular formula is C5H11NO2. The van der Waals surface area contributed by atoms with E-state index in [0.717, 1.165) is 0 Å². The number of aliphatic hydroxyl groups excluding tert-OH is 1. The predicted molar refractivity (Wildman–Crippen MR) is 29.0 cm³/mol. The van der Waals surface area contributed by atoms with Gasteiger partial charge in [0.25, 0.3) is 0 Å². The van der Waals surface area contributed by atoms with Crippen LogP contribution in [0.15, 0.2) is 0 Å². The van der Waals surface area contributed by atoms with E-state index in [1.54, 1.807) is 6.92 Å². The Hall–Kier alpha value is -0.120. The van der Waals surface area contributed by atoms with Gasteiger partial charge in [-0.3, -0.25) is 5.32 Å². The third-order valence-electron chi connectivity index (χ3n) is 1.38. The highest BCUT2D eigenvalue weighted by molar-refractivity contribution is 4.79. The molecule has 0 aromatic heterocycles. The average Bonchev–Trinajstić information content (AvgIpc) is 1.82. The summed E-state index contributed by atoms with van der Waals surface area (Å²) < 4.78 is 0. The zero-order chi connectivity index (χ0) is 6.20. The topological polar surface area (TPSA) is 52.5 Å². The molecule has 0 aromatic carbocycles. The Labute approximate surface area is 48.3 Å². The molecule has 1 fully saturated rings. The lowest BCUT2D eigenvalue weighted by Gasteiger charge is -2.15. The second-order valence-corrected chi connectivity index (χ2v) is 2.47. The molecule has 0 saturated carbocycles. The Bertz CT molecular complexity index is 92.4. The monoisotopic (exact) mass is 117 g/mol. The third-order valence-corrected chi connectivity index (χ3v) is 1.38. The molecule has 0 bridgehead atoms. The Morgan fingerprint density at radius 1 is 1.75 bits per heavy atom. The van der Waals surface area contributed by atoms with E-state index in [1.165, 1.54) is 0 Å². The minimum Gasteiger partial charge on any atom is -0.379 e. The van der Waals surface area contributed by atoms with E-state index in [4.69, 9.17) is 10.2 Å². The highest BCUT2D eigenvalue weighted by atomic mass is 16.3. The minimum absolute atomic E-state index is 0.509. The maximum absolute atomic E-state index is 9.09. The summed E-state index contributed by atoms with van der Waals surface area (Å²) in [7, 11) is 0. The fraction of sp³-hybridized carbons (Fsp3) is 1.00. The van der Waals surface area contributed by atoms with Crippen molar-refractivity contribution in [3.05, 3.63) is 0 Å². The van der Waals surface area contributed by atoms with Crippen LogP contribution < -0.4 is 5.32 Å². The van der Waals surface area contributed by atoms with Gasteiger partial charge < -0.3 is 10.2 Å². The molecule has 2 unspecified atom stereocenters. The Morgan fingerprint density at radius 2 is 2.38 bits per heavy atom. The zero-order valence-electron chi connectivity index (χ0n) is 4.89. The molecule has 2 atom stereocenters. The first-order valence-corrected chi connectivity index (χ1v) is 2.78. The van der Waals surface area contributed by atoms with Crippen LogP contribution in [0.3, 0.4) is 0 Å². The van der Waals surface area contributed by atoms with Crippen molar-refractivity contribution in [2.45, 2.75) is 31.7 Å². The molecule has 0 aliphatic carbocycles. The number of rotatable bonds is 0. The van der Waals surface area contributed by atoms with Gasteiger partial charge in [-0.2, -0.15) is 0 Å². The van der Waals surface area contributed by atoms with Gasteiger partial charge >= 0.3 is 0 Å². The normalized spacial score (nSPS) is 47.6. The lowest BCUT2D eigenvalue weighted by Crippen LogP contribution is -2.39. The highest BCUT2D eigenvalue weighted by Gasteiger charge is 2.30. The lowest BCUT2D eigenvalue weighted by atomic mass is 10.2. The van der Waals surface area contributed by atoms with Gasteiger partial charge in [0.1, 0.15) is 12.0 Å². The summed E-state index contributed by atoms with van der Waals surface area (Å²) >= 11 is 0. The van der Waals surface area contributed by atoms with Crippen molar-refractivity contribution < 1.29 is 10.2 Å². The van der Waals surface area contributed by atoms with Crippen LogP contribution >= 0.6 is 0 Å². The van der Waals surface area contributed by atoms with Crippen LogP contribution in [-0.2, 0) is 0 Å². The lowest BCUT2D eigenvalue weighted by molar-refractivity contribution is 0.0162. The first-order valence-electron chi connectivity index (χ1n) is 2.78. The average molecular weight is 117 g/mol. The minimum atomic E-state index is -0.834. The van der Waals surface area contributed by atoms with Crippen LogP contribution in [-0.4, -0.2) is 22.2 Å². The molecule has 48 valence electrons. The Morgan fingerprint density at radius 3 is 2.50 bits per heavy atom. The van der Waals surface area contributed by atoms with Crippen molar-refractivity contribution in [1.29, 1.82) is 0 Å². The van der Waals surface area contributed by atoms with Gasteiger partial charge in [-0.25, -0.2) is 0 Å². The molecule has 0 spiro atoms. The molecule has 0 amide bonds. The quantitative estimate of drug-likeness (QED) is 0.397. The zero-order valence-corrected chi connectivity index (χ0v) is 4.89. The molecule has 1 aliphatic rings. The van der Waals surface area contributed by atoms with Gasteiger partial charge in [0.05, 0.1) is 0 Å². The molecule has 0 radical (unpaired) electrons. The van der Waals surface area contributed by atoms with E-state index in [-0.39, 0.29) is 0 Å². The summed E-state index contributed by atoms with van der Waals surface area (Å²) in [4.78, 5) is 0. The van der Waals surface area contributed by atoms with Crippen LogP contribution in [0.5, 0.6) is 0 Å². The van der Waals surface area contributed by atoms with E-state index in [9.17, 15) is 0 Å². The van der Waals surface area contributed by atoms with Gasteiger partial charge in [0.15, 0.2) is 0 Å². The number of hydrogen-bond donors (Lipinski definition) is 3. The fourth-order valence-corrected chi connectivity index (χ4v) is 0.921. The van der Waals surface area contributed by atoms with Crippen molar-refractivity contribution in [1.82, 2.24) is 5.32 Å². The van der Waals surface area contributed by atoms with Crippen LogP contribution in [0.2, 0.25) is 0 Å². The summed E-state index contributed by atoms with van der Waals surface area (Å²) in [6.07, 6.45) is 0.770. The first-order chi connectivity index (χ1) is 3.60.